The molecule has 0 aliphatic carbocycles. The number of esters is 2. The maximum atomic E-state index is 12.4. The lowest BCUT2D eigenvalue weighted by Gasteiger charge is -2.16. The summed E-state index contributed by atoms with van der Waals surface area (Å²) in [5.74, 6) is -0.576. The Labute approximate surface area is 159 Å². The molecule has 0 aliphatic heterocycles. The molecule has 1 atom stereocenters. The van der Waals surface area contributed by atoms with Crippen molar-refractivity contribution in [2.24, 2.45) is 0 Å². The lowest BCUT2D eigenvalue weighted by Crippen LogP contribution is -2.20. The molecule has 0 saturated carbocycles. The van der Waals surface area contributed by atoms with Gasteiger partial charge in [-0.2, -0.15) is 0 Å². The molecule has 1 heterocycles. The second-order valence-electron chi connectivity index (χ2n) is 6.19. The Hall–Kier alpha value is -2.67. The molecule has 1 N–H and O–H groups in total. The molecule has 7 heteroatoms. The van der Waals surface area contributed by atoms with Crippen LogP contribution in [-0.2, 0) is 14.3 Å². The first-order chi connectivity index (χ1) is 13.1. The number of ether oxygens (including phenoxy) is 2. The molecular weight excluding hydrogens is 346 g/mol. The Kier molecular flexibility index (Phi) is 8.51. The van der Waals surface area contributed by atoms with Crippen molar-refractivity contribution < 1.29 is 19.1 Å². The van der Waals surface area contributed by atoms with Crippen molar-refractivity contribution in [2.45, 2.75) is 32.2 Å². The Morgan fingerprint density at radius 2 is 1.93 bits per heavy atom. The normalized spacial score (nSPS) is 11.8. The largest absolute Gasteiger partial charge is 0.469 e. The summed E-state index contributed by atoms with van der Waals surface area (Å²) in [6.45, 7) is 3.79. The van der Waals surface area contributed by atoms with Gasteiger partial charge in [-0.05, 0) is 38.4 Å². The van der Waals surface area contributed by atoms with Gasteiger partial charge in [0.15, 0.2) is 0 Å². The van der Waals surface area contributed by atoms with Gasteiger partial charge in [-0.15, -0.1) is 0 Å². The molecule has 0 amide bonds. The molecule has 2 aromatic rings. The lowest BCUT2D eigenvalue weighted by atomic mass is 10.1. The van der Waals surface area contributed by atoms with E-state index in [2.05, 4.69) is 15.0 Å². The number of benzene rings is 1. The minimum atomic E-state index is -0.374. The molecule has 0 spiro atoms. The summed E-state index contributed by atoms with van der Waals surface area (Å²) < 4.78 is 11.8. The summed E-state index contributed by atoms with van der Waals surface area (Å²) in [5, 5.41) is 3.21. The van der Waals surface area contributed by atoms with Crippen molar-refractivity contribution in [3.05, 3.63) is 54.1 Å². The summed E-state index contributed by atoms with van der Waals surface area (Å²) in [6.07, 6.45) is 5.02. The van der Waals surface area contributed by atoms with E-state index in [0.717, 1.165) is 18.5 Å². The third-order valence-electron chi connectivity index (χ3n) is 4.27. The Balaban J connectivity index is 1.71. The van der Waals surface area contributed by atoms with E-state index in [0.29, 0.717) is 31.7 Å². The Bertz CT molecular complexity index is 715. The predicted molar refractivity (Wildman–Crippen MR) is 102 cm³/mol. The highest BCUT2D eigenvalue weighted by Crippen LogP contribution is 2.19. The number of hydrogen-bond acceptors (Lipinski definition) is 6. The fourth-order valence-corrected chi connectivity index (χ4v) is 2.68. The maximum Gasteiger partial charge on any atom is 0.356 e. The number of methoxy groups -OCH3 is 1. The zero-order valence-electron chi connectivity index (χ0n) is 15.9. The van der Waals surface area contributed by atoms with Gasteiger partial charge in [0, 0.05) is 6.42 Å². The predicted octanol–water partition coefficient (Wildman–Crippen LogP) is 2.58. The van der Waals surface area contributed by atoms with Gasteiger partial charge in [0.1, 0.15) is 5.69 Å². The first kappa shape index (κ1) is 20.6. The minimum absolute atomic E-state index is 0.00673. The molecule has 1 aromatic heterocycles. The van der Waals surface area contributed by atoms with Crippen LogP contribution in [0.3, 0.4) is 0 Å². The van der Waals surface area contributed by atoms with Crippen LogP contribution in [0.5, 0.6) is 0 Å². The highest BCUT2D eigenvalue weighted by Gasteiger charge is 2.18. The van der Waals surface area contributed by atoms with Crippen LogP contribution in [-0.4, -0.2) is 48.3 Å². The molecule has 0 aliphatic rings. The molecule has 7 nitrogen and oxygen atoms in total. The third-order valence-corrected chi connectivity index (χ3v) is 4.27. The van der Waals surface area contributed by atoms with E-state index in [1.165, 1.54) is 13.3 Å². The fraction of sp³-hybridized carbons (Fsp3) is 0.450. The van der Waals surface area contributed by atoms with Crippen LogP contribution in [0.1, 0.15) is 48.3 Å². The van der Waals surface area contributed by atoms with Gasteiger partial charge in [0.05, 0.1) is 32.3 Å². The highest BCUT2D eigenvalue weighted by molar-refractivity contribution is 5.87. The molecule has 0 unspecified atom stereocenters. The van der Waals surface area contributed by atoms with Crippen LogP contribution in [0.15, 0.2) is 42.9 Å². The van der Waals surface area contributed by atoms with Gasteiger partial charge in [-0.25, -0.2) is 9.78 Å². The van der Waals surface area contributed by atoms with E-state index >= 15 is 0 Å². The van der Waals surface area contributed by atoms with Crippen LogP contribution in [0.25, 0.3) is 0 Å². The summed E-state index contributed by atoms with van der Waals surface area (Å²) in [4.78, 5) is 27.4. The highest BCUT2D eigenvalue weighted by atomic mass is 16.5. The van der Waals surface area contributed by atoms with Crippen molar-refractivity contribution in [1.29, 1.82) is 0 Å². The third kappa shape index (κ3) is 6.53. The van der Waals surface area contributed by atoms with Gasteiger partial charge >= 0.3 is 11.9 Å². The molecule has 0 saturated heterocycles. The van der Waals surface area contributed by atoms with Crippen molar-refractivity contribution in [1.82, 2.24) is 14.9 Å². The molecular formula is C20H27N3O4. The first-order valence-electron chi connectivity index (χ1n) is 9.15. The average Bonchev–Trinajstić information content (AvgIpc) is 3.19. The number of aromatic nitrogens is 2. The van der Waals surface area contributed by atoms with Crippen molar-refractivity contribution >= 4 is 11.9 Å². The minimum Gasteiger partial charge on any atom is -0.469 e. The average molecular weight is 373 g/mol. The van der Waals surface area contributed by atoms with Gasteiger partial charge in [-0.1, -0.05) is 30.3 Å². The topological polar surface area (TPSA) is 82.4 Å². The molecule has 27 heavy (non-hydrogen) atoms. The van der Waals surface area contributed by atoms with E-state index in [1.807, 2.05) is 41.8 Å². The number of carbonyl (C=O) groups excluding carboxylic acids is 2. The van der Waals surface area contributed by atoms with Crippen LogP contribution in [0.4, 0.5) is 0 Å². The summed E-state index contributed by atoms with van der Waals surface area (Å²) >= 11 is 0. The number of nitrogens with zero attached hydrogens (tertiary/aromatic N) is 2. The van der Waals surface area contributed by atoms with Gasteiger partial charge in [-0.3, -0.25) is 4.79 Å². The number of nitrogens with one attached hydrogen (secondary N) is 1. The monoisotopic (exact) mass is 373 g/mol. The molecule has 146 valence electrons. The molecule has 0 radical (unpaired) electrons. The summed E-state index contributed by atoms with van der Waals surface area (Å²) in [5.41, 5.74) is 1.54. The standard InChI is InChI=1S/C20H27N3O4/c1-16(17-8-4-3-5-9-17)23-15-22-14-18(23)20(25)27-13-7-12-21-11-6-10-19(24)26-2/h3-5,8-9,14-16,21H,6-7,10-13H2,1-2H3/t16-/m1/s1. The SMILES string of the molecule is COC(=O)CCCNCCCOC(=O)c1cncn1[C@H](C)c1ccccc1. The van der Waals surface area contributed by atoms with E-state index in [9.17, 15) is 9.59 Å². The smallest absolute Gasteiger partial charge is 0.356 e. The fourth-order valence-electron chi connectivity index (χ4n) is 2.68. The number of carbonyl (C=O) groups is 2. The van der Waals surface area contributed by atoms with Crippen molar-refractivity contribution in [3.63, 3.8) is 0 Å². The zero-order chi connectivity index (χ0) is 19.5. The second-order valence-corrected chi connectivity index (χ2v) is 6.19. The number of rotatable bonds is 11. The van der Waals surface area contributed by atoms with Crippen LogP contribution in [0, 0.1) is 0 Å². The molecule has 0 fully saturated rings. The summed E-state index contributed by atoms with van der Waals surface area (Å²) in [7, 11) is 1.39. The van der Waals surface area contributed by atoms with Crippen molar-refractivity contribution in [3.8, 4) is 0 Å². The van der Waals surface area contributed by atoms with E-state index in [4.69, 9.17) is 4.74 Å². The van der Waals surface area contributed by atoms with E-state index in [1.54, 1.807) is 6.33 Å². The zero-order valence-corrected chi connectivity index (χ0v) is 15.9. The van der Waals surface area contributed by atoms with Crippen molar-refractivity contribution in [2.75, 3.05) is 26.8 Å². The van der Waals surface area contributed by atoms with Gasteiger partial charge in [0.2, 0.25) is 0 Å². The quantitative estimate of drug-likeness (QED) is 0.482. The Morgan fingerprint density at radius 3 is 2.67 bits per heavy atom. The van der Waals surface area contributed by atoms with Crippen LogP contribution >= 0.6 is 0 Å². The van der Waals surface area contributed by atoms with E-state index in [-0.39, 0.29) is 18.0 Å². The molecule has 1 aromatic carbocycles. The lowest BCUT2D eigenvalue weighted by molar-refractivity contribution is -0.140. The van der Waals surface area contributed by atoms with Gasteiger partial charge < -0.3 is 19.4 Å². The number of imidazole rings is 1. The number of hydrogen-bond donors (Lipinski definition) is 1. The van der Waals surface area contributed by atoms with Crippen LogP contribution in [0.2, 0.25) is 0 Å². The maximum absolute atomic E-state index is 12.4. The summed E-state index contributed by atoms with van der Waals surface area (Å²) in [6, 6.07) is 9.94. The van der Waals surface area contributed by atoms with Gasteiger partial charge in [0.25, 0.3) is 0 Å². The molecule has 0 bridgehead atoms. The Morgan fingerprint density at radius 1 is 1.19 bits per heavy atom. The second kappa shape index (κ2) is 11.1. The first-order valence-corrected chi connectivity index (χ1v) is 9.15. The van der Waals surface area contributed by atoms with Crippen LogP contribution < -0.4 is 5.32 Å². The molecule has 2 rings (SSSR count). The van der Waals surface area contributed by atoms with E-state index < -0.39 is 0 Å².